The van der Waals surface area contributed by atoms with E-state index in [1.54, 1.807) is 0 Å². The van der Waals surface area contributed by atoms with Crippen molar-refractivity contribution >= 4 is 5.69 Å². The van der Waals surface area contributed by atoms with E-state index in [1.165, 1.54) is 25.0 Å². The van der Waals surface area contributed by atoms with Crippen LogP contribution in [0.2, 0.25) is 0 Å². The molecule has 1 atom stereocenters. The van der Waals surface area contributed by atoms with Crippen molar-refractivity contribution in [3.63, 3.8) is 0 Å². The standard InChI is InChI=1S/C14H19FN2O2/c15-12-6-8-14(17(18)19)11(9-12)5-7-13(16)10-3-1-2-4-10/h6,8-10,13H,1-5,7,16H2. The average molecular weight is 266 g/mol. The third-order valence-electron chi connectivity index (χ3n) is 3.99. The van der Waals surface area contributed by atoms with Gasteiger partial charge in [0.25, 0.3) is 5.69 Å². The van der Waals surface area contributed by atoms with Crippen molar-refractivity contribution in [2.45, 2.75) is 44.6 Å². The van der Waals surface area contributed by atoms with Gasteiger partial charge in [-0.15, -0.1) is 0 Å². The second-order valence-corrected chi connectivity index (χ2v) is 5.28. The highest BCUT2D eigenvalue weighted by Gasteiger charge is 2.23. The Kier molecular flexibility index (Phi) is 4.47. The van der Waals surface area contributed by atoms with Crippen LogP contribution in [0.1, 0.15) is 37.7 Å². The highest BCUT2D eigenvalue weighted by Crippen LogP contribution is 2.29. The first kappa shape index (κ1) is 13.9. The van der Waals surface area contributed by atoms with Gasteiger partial charge in [-0.05, 0) is 43.7 Å². The number of nitro benzene ring substituents is 1. The fourth-order valence-electron chi connectivity index (χ4n) is 2.88. The van der Waals surface area contributed by atoms with E-state index in [0.29, 0.717) is 24.3 Å². The Bertz CT molecular complexity index is 459. The van der Waals surface area contributed by atoms with Gasteiger partial charge in [0.05, 0.1) is 4.92 Å². The van der Waals surface area contributed by atoms with Crippen LogP contribution in [-0.2, 0) is 6.42 Å². The van der Waals surface area contributed by atoms with Crippen LogP contribution in [0.15, 0.2) is 18.2 Å². The second-order valence-electron chi connectivity index (χ2n) is 5.28. The highest BCUT2D eigenvalue weighted by molar-refractivity contribution is 5.40. The first-order valence-corrected chi connectivity index (χ1v) is 6.76. The Hall–Kier alpha value is -1.49. The molecule has 2 rings (SSSR count). The quantitative estimate of drug-likeness (QED) is 0.657. The number of aryl methyl sites for hydroxylation is 1. The molecule has 0 aromatic heterocycles. The number of hydrogen-bond acceptors (Lipinski definition) is 3. The van der Waals surface area contributed by atoms with E-state index in [-0.39, 0.29) is 11.7 Å². The molecule has 2 N–H and O–H groups in total. The van der Waals surface area contributed by atoms with Crippen LogP contribution in [-0.4, -0.2) is 11.0 Å². The van der Waals surface area contributed by atoms with Gasteiger partial charge in [-0.25, -0.2) is 4.39 Å². The normalized spacial score (nSPS) is 17.6. The van der Waals surface area contributed by atoms with Gasteiger partial charge in [-0.2, -0.15) is 0 Å². The zero-order valence-electron chi connectivity index (χ0n) is 10.8. The fourth-order valence-corrected chi connectivity index (χ4v) is 2.88. The van der Waals surface area contributed by atoms with Crippen molar-refractivity contribution < 1.29 is 9.31 Å². The molecule has 1 fully saturated rings. The van der Waals surface area contributed by atoms with Crippen LogP contribution in [0.5, 0.6) is 0 Å². The predicted molar refractivity (Wildman–Crippen MR) is 71.3 cm³/mol. The van der Waals surface area contributed by atoms with E-state index >= 15 is 0 Å². The van der Waals surface area contributed by atoms with Crippen molar-refractivity contribution in [2.24, 2.45) is 11.7 Å². The molecule has 0 spiro atoms. The van der Waals surface area contributed by atoms with Gasteiger partial charge in [-0.1, -0.05) is 12.8 Å². The molecule has 0 aliphatic heterocycles. The summed E-state index contributed by atoms with van der Waals surface area (Å²) in [5.74, 6) is 0.0858. The minimum Gasteiger partial charge on any atom is -0.327 e. The number of nitrogens with two attached hydrogens (primary N) is 1. The van der Waals surface area contributed by atoms with E-state index < -0.39 is 10.7 Å². The molecule has 0 bridgehead atoms. The first-order valence-electron chi connectivity index (χ1n) is 6.76. The minimum absolute atomic E-state index is 0.0139. The van der Waals surface area contributed by atoms with E-state index in [4.69, 9.17) is 5.73 Å². The zero-order chi connectivity index (χ0) is 13.8. The Morgan fingerprint density at radius 2 is 2.11 bits per heavy atom. The van der Waals surface area contributed by atoms with Gasteiger partial charge >= 0.3 is 0 Å². The smallest absolute Gasteiger partial charge is 0.272 e. The van der Waals surface area contributed by atoms with E-state index in [2.05, 4.69) is 0 Å². The zero-order valence-corrected chi connectivity index (χ0v) is 10.8. The lowest BCUT2D eigenvalue weighted by Crippen LogP contribution is -2.28. The average Bonchev–Trinajstić information content (AvgIpc) is 2.89. The summed E-state index contributed by atoms with van der Waals surface area (Å²) < 4.78 is 13.2. The monoisotopic (exact) mass is 266 g/mol. The summed E-state index contributed by atoms with van der Waals surface area (Å²) in [6.07, 6.45) is 5.87. The summed E-state index contributed by atoms with van der Waals surface area (Å²) in [5, 5.41) is 10.9. The minimum atomic E-state index is -0.462. The second kappa shape index (κ2) is 6.10. The number of benzene rings is 1. The van der Waals surface area contributed by atoms with Crippen molar-refractivity contribution in [1.82, 2.24) is 0 Å². The first-order chi connectivity index (χ1) is 9.08. The number of hydrogen-bond donors (Lipinski definition) is 1. The van der Waals surface area contributed by atoms with Crippen LogP contribution >= 0.6 is 0 Å². The summed E-state index contributed by atoms with van der Waals surface area (Å²) in [5.41, 5.74) is 6.56. The van der Waals surface area contributed by atoms with Crippen molar-refractivity contribution in [3.05, 3.63) is 39.7 Å². The highest BCUT2D eigenvalue weighted by atomic mass is 19.1. The molecule has 4 nitrogen and oxygen atoms in total. The van der Waals surface area contributed by atoms with Crippen LogP contribution in [0.3, 0.4) is 0 Å². The van der Waals surface area contributed by atoms with Gasteiger partial charge in [0.2, 0.25) is 0 Å². The third-order valence-corrected chi connectivity index (χ3v) is 3.99. The molecular weight excluding hydrogens is 247 g/mol. The molecule has 1 saturated carbocycles. The van der Waals surface area contributed by atoms with Crippen LogP contribution in [0.25, 0.3) is 0 Å². The van der Waals surface area contributed by atoms with Crippen LogP contribution < -0.4 is 5.73 Å². The Morgan fingerprint density at radius 1 is 1.42 bits per heavy atom. The molecule has 0 saturated heterocycles. The summed E-state index contributed by atoms with van der Waals surface area (Å²) in [4.78, 5) is 10.4. The molecule has 1 aromatic rings. The molecule has 1 aliphatic rings. The van der Waals surface area contributed by atoms with Gasteiger partial charge in [0.1, 0.15) is 5.82 Å². The molecule has 0 amide bonds. The summed E-state index contributed by atoms with van der Waals surface area (Å²) in [6.45, 7) is 0. The maximum atomic E-state index is 13.2. The molecular formula is C14H19FN2O2. The Labute approximate surface area is 112 Å². The van der Waals surface area contributed by atoms with Crippen molar-refractivity contribution in [3.8, 4) is 0 Å². The van der Waals surface area contributed by atoms with Gasteiger partial charge in [0, 0.05) is 17.7 Å². The third kappa shape index (κ3) is 3.50. The lowest BCUT2D eigenvalue weighted by Gasteiger charge is -2.18. The van der Waals surface area contributed by atoms with Crippen molar-refractivity contribution in [1.29, 1.82) is 0 Å². The topological polar surface area (TPSA) is 69.2 Å². The van der Waals surface area contributed by atoms with E-state index in [1.807, 2.05) is 0 Å². The molecule has 1 unspecified atom stereocenters. The Balaban J connectivity index is 2.01. The number of rotatable bonds is 5. The largest absolute Gasteiger partial charge is 0.327 e. The van der Waals surface area contributed by atoms with Crippen molar-refractivity contribution in [2.75, 3.05) is 0 Å². The molecule has 5 heteroatoms. The molecule has 0 radical (unpaired) electrons. The van der Waals surface area contributed by atoms with E-state index in [0.717, 1.165) is 18.9 Å². The number of nitrogens with zero attached hydrogens (tertiary/aromatic N) is 1. The molecule has 104 valence electrons. The lowest BCUT2D eigenvalue weighted by atomic mass is 9.93. The summed E-state index contributed by atoms with van der Waals surface area (Å²) >= 11 is 0. The van der Waals surface area contributed by atoms with E-state index in [9.17, 15) is 14.5 Å². The molecule has 0 heterocycles. The number of nitro groups is 1. The summed E-state index contributed by atoms with van der Waals surface area (Å²) in [7, 11) is 0. The summed E-state index contributed by atoms with van der Waals surface area (Å²) in [6, 6.07) is 3.66. The maximum Gasteiger partial charge on any atom is 0.272 e. The predicted octanol–water partition coefficient (Wildman–Crippen LogP) is 3.18. The molecule has 19 heavy (non-hydrogen) atoms. The maximum absolute atomic E-state index is 13.2. The van der Waals surface area contributed by atoms with Gasteiger partial charge in [0.15, 0.2) is 0 Å². The van der Waals surface area contributed by atoms with Crippen LogP contribution in [0, 0.1) is 21.8 Å². The van der Waals surface area contributed by atoms with Crippen LogP contribution in [0.4, 0.5) is 10.1 Å². The Morgan fingerprint density at radius 3 is 2.74 bits per heavy atom. The lowest BCUT2D eigenvalue weighted by molar-refractivity contribution is -0.385. The SMILES string of the molecule is NC(CCc1cc(F)ccc1[N+](=O)[O-])C1CCCC1. The van der Waals surface area contributed by atoms with Gasteiger partial charge in [-0.3, -0.25) is 10.1 Å². The molecule has 1 aromatic carbocycles. The number of halogens is 1. The fraction of sp³-hybridized carbons (Fsp3) is 0.571. The van der Waals surface area contributed by atoms with Gasteiger partial charge < -0.3 is 5.73 Å². The molecule has 1 aliphatic carbocycles.